The number of nitrogens with zero attached hydrogens (tertiary/aromatic N) is 1. The first-order chi connectivity index (χ1) is 9.67. The van der Waals surface area contributed by atoms with Gasteiger partial charge < -0.3 is 9.84 Å². The van der Waals surface area contributed by atoms with Crippen molar-refractivity contribution in [2.75, 3.05) is 20.2 Å². The lowest BCUT2D eigenvalue weighted by atomic mass is 9.92. The molecule has 1 aliphatic rings. The van der Waals surface area contributed by atoms with Crippen LogP contribution in [0.3, 0.4) is 0 Å². The minimum absolute atomic E-state index is 0.309. The topological polar surface area (TPSA) is 49.8 Å². The van der Waals surface area contributed by atoms with Gasteiger partial charge in [-0.3, -0.25) is 9.69 Å². The largest absolute Gasteiger partial charge is 0.497 e. The molecule has 0 unspecified atom stereocenters. The molecule has 4 heteroatoms. The summed E-state index contributed by atoms with van der Waals surface area (Å²) in [5, 5.41) is 8.71. The summed E-state index contributed by atoms with van der Waals surface area (Å²) in [6.07, 6.45) is 3.36. The number of hydrogen-bond acceptors (Lipinski definition) is 3. The Bertz CT molecular complexity index is 422. The highest BCUT2D eigenvalue weighted by Crippen LogP contribution is 2.23. The van der Waals surface area contributed by atoms with Gasteiger partial charge in [0.15, 0.2) is 0 Å². The molecule has 2 rings (SSSR count). The first kappa shape index (κ1) is 14.9. The van der Waals surface area contributed by atoms with E-state index in [1.54, 1.807) is 7.11 Å². The molecule has 0 saturated carbocycles. The Kier molecular flexibility index (Phi) is 5.41. The van der Waals surface area contributed by atoms with Crippen LogP contribution in [0, 0.1) is 5.92 Å². The average molecular weight is 277 g/mol. The predicted molar refractivity (Wildman–Crippen MR) is 77.9 cm³/mol. The van der Waals surface area contributed by atoms with Crippen molar-refractivity contribution in [3.8, 4) is 5.75 Å². The van der Waals surface area contributed by atoms with Crippen molar-refractivity contribution in [1.29, 1.82) is 0 Å². The van der Waals surface area contributed by atoms with Crippen molar-refractivity contribution in [3.63, 3.8) is 0 Å². The lowest BCUT2D eigenvalue weighted by molar-refractivity contribution is -0.137. The number of carboxylic acid groups (broad SMARTS) is 1. The Morgan fingerprint density at radius 2 is 1.95 bits per heavy atom. The zero-order chi connectivity index (χ0) is 14.4. The van der Waals surface area contributed by atoms with Crippen LogP contribution in [0.1, 0.15) is 31.2 Å². The standard InChI is InChI=1S/C16H23NO3/c1-20-15-5-2-14(3-6-15)12-17-10-8-13(9-11-17)4-7-16(18)19/h2-3,5-6,13H,4,7-12H2,1H3,(H,18,19). The third-order valence-corrected chi connectivity index (χ3v) is 4.04. The fraction of sp³-hybridized carbons (Fsp3) is 0.562. The molecule has 0 bridgehead atoms. The maximum absolute atomic E-state index is 10.6. The molecular weight excluding hydrogens is 254 g/mol. The molecule has 4 nitrogen and oxygen atoms in total. The molecule has 20 heavy (non-hydrogen) atoms. The number of likely N-dealkylation sites (tertiary alicyclic amines) is 1. The third-order valence-electron chi connectivity index (χ3n) is 4.04. The van der Waals surface area contributed by atoms with Crippen LogP contribution in [0.25, 0.3) is 0 Å². The minimum atomic E-state index is -0.675. The fourth-order valence-corrected chi connectivity index (χ4v) is 2.75. The van der Waals surface area contributed by atoms with Crippen LogP contribution in [0.2, 0.25) is 0 Å². The molecular formula is C16H23NO3. The van der Waals surface area contributed by atoms with E-state index in [0.717, 1.165) is 44.6 Å². The van der Waals surface area contributed by atoms with Crippen molar-refractivity contribution in [2.24, 2.45) is 5.92 Å². The molecule has 0 aromatic heterocycles. The highest BCUT2D eigenvalue weighted by molar-refractivity contribution is 5.66. The fourth-order valence-electron chi connectivity index (χ4n) is 2.75. The minimum Gasteiger partial charge on any atom is -0.497 e. The van der Waals surface area contributed by atoms with Crippen LogP contribution >= 0.6 is 0 Å². The van der Waals surface area contributed by atoms with Crippen LogP contribution in [0.5, 0.6) is 5.75 Å². The van der Waals surface area contributed by atoms with E-state index in [0.29, 0.717) is 12.3 Å². The molecule has 1 aromatic carbocycles. The number of rotatable bonds is 6. The molecule has 1 N–H and O–H groups in total. The van der Waals surface area contributed by atoms with Gasteiger partial charge in [-0.2, -0.15) is 0 Å². The molecule has 1 heterocycles. The van der Waals surface area contributed by atoms with Gasteiger partial charge in [-0.25, -0.2) is 0 Å². The maximum Gasteiger partial charge on any atom is 0.303 e. The zero-order valence-corrected chi connectivity index (χ0v) is 12.0. The Balaban J connectivity index is 1.74. The van der Waals surface area contributed by atoms with E-state index in [1.165, 1.54) is 5.56 Å². The molecule has 1 aliphatic heterocycles. The van der Waals surface area contributed by atoms with Gasteiger partial charge in [0.25, 0.3) is 0 Å². The molecule has 0 radical (unpaired) electrons. The first-order valence-corrected chi connectivity index (χ1v) is 7.24. The normalized spacial score (nSPS) is 17.1. The molecule has 0 spiro atoms. The van der Waals surface area contributed by atoms with E-state index < -0.39 is 5.97 Å². The highest BCUT2D eigenvalue weighted by Gasteiger charge is 2.19. The lowest BCUT2D eigenvalue weighted by Crippen LogP contribution is -2.33. The average Bonchev–Trinajstić information content (AvgIpc) is 2.47. The third kappa shape index (κ3) is 4.53. The molecule has 110 valence electrons. The number of ether oxygens (including phenoxy) is 1. The number of hydrogen-bond donors (Lipinski definition) is 1. The second-order valence-corrected chi connectivity index (χ2v) is 5.50. The van der Waals surface area contributed by atoms with Crippen LogP contribution in [0.4, 0.5) is 0 Å². The van der Waals surface area contributed by atoms with Gasteiger partial charge >= 0.3 is 5.97 Å². The summed E-state index contributed by atoms with van der Waals surface area (Å²) >= 11 is 0. The van der Waals surface area contributed by atoms with E-state index in [9.17, 15) is 4.79 Å². The summed E-state index contributed by atoms with van der Waals surface area (Å²) in [6.45, 7) is 3.10. The summed E-state index contributed by atoms with van der Waals surface area (Å²) in [5.74, 6) is 0.796. The Morgan fingerprint density at radius 1 is 1.30 bits per heavy atom. The Morgan fingerprint density at radius 3 is 2.50 bits per heavy atom. The van der Waals surface area contributed by atoms with E-state index in [-0.39, 0.29) is 0 Å². The first-order valence-electron chi connectivity index (χ1n) is 7.24. The van der Waals surface area contributed by atoms with Gasteiger partial charge in [-0.1, -0.05) is 12.1 Å². The second-order valence-electron chi connectivity index (χ2n) is 5.50. The summed E-state index contributed by atoms with van der Waals surface area (Å²) < 4.78 is 5.16. The van der Waals surface area contributed by atoms with Crippen LogP contribution < -0.4 is 4.74 Å². The molecule has 1 fully saturated rings. The van der Waals surface area contributed by atoms with Crippen molar-refractivity contribution >= 4 is 5.97 Å². The Hall–Kier alpha value is -1.55. The summed E-state index contributed by atoms with van der Waals surface area (Å²) in [5.41, 5.74) is 1.30. The van der Waals surface area contributed by atoms with Crippen molar-refractivity contribution in [2.45, 2.75) is 32.2 Å². The number of methoxy groups -OCH3 is 1. The molecule has 0 atom stereocenters. The summed E-state index contributed by atoms with van der Waals surface area (Å²) in [4.78, 5) is 13.0. The molecule has 1 saturated heterocycles. The summed E-state index contributed by atoms with van der Waals surface area (Å²) in [7, 11) is 1.68. The number of aliphatic carboxylic acids is 1. The van der Waals surface area contributed by atoms with Crippen molar-refractivity contribution in [1.82, 2.24) is 4.90 Å². The smallest absolute Gasteiger partial charge is 0.303 e. The van der Waals surface area contributed by atoms with Gasteiger partial charge in [0, 0.05) is 13.0 Å². The number of carboxylic acids is 1. The SMILES string of the molecule is COc1ccc(CN2CCC(CCC(=O)O)CC2)cc1. The molecule has 0 aliphatic carbocycles. The lowest BCUT2D eigenvalue weighted by Gasteiger charge is -2.31. The zero-order valence-electron chi connectivity index (χ0n) is 12.0. The quantitative estimate of drug-likeness (QED) is 0.868. The number of piperidine rings is 1. The van der Waals surface area contributed by atoms with E-state index in [1.807, 2.05) is 12.1 Å². The Labute approximate surface area is 120 Å². The number of benzene rings is 1. The second kappa shape index (κ2) is 7.29. The van der Waals surface area contributed by atoms with Gasteiger partial charge in [0.2, 0.25) is 0 Å². The van der Waals surface area contributed by atoms with Crippen molar-refractivity contribution < 1.29 is 14.6 Å². The van der Waals surface area contributed by atoms with Gasteiger partial charge in [0.1, 0.15) is 5.75 Å². The highest BCUT2D eigenvalue weighted by atomic mass is 16.5. The van der Waals surface area contributed by atoms with Gasteiger partial charge in [-0.15, -0.1) is 0 Å². The van der Waals surface area contributed by atoms with E-state index >= 15 is 0 Å². The van der Waals surface area contributed by atoms with Crippen LogP contribution in [-0.4, -0.2) is 36.2 Å². The van der Waals surface area contributed by atoms with Crippen LogP contribution in [-0.2, 0) is 11.3 Å². The van der Waals surface area contributed by atoms with E-state index in [2.05, 4.69) is 17.0 Å². The monoisotopic (exact) mass is 277 g/mol. The van der Waals surface area contributed by atoms with Gasteiger partial charge in [0.05, 0.1) is 7.11 Å². The predicted octanol–water partition coefficient (Wildman–Crippen LogP) is 2.77. The van der Waals surface area contributed by atoms with Gasteiger partial charge in [-0.05, 0) is 56.0 Å². The summed E-state index contributed by atoms with van der Waals surface area (Å²) in [6, 6.07) is 8.20. The van der Waals surface area contributed by atoms with Crippen molar-refractivity contribution in [3.05, 3.63) is 29.8 Å². The number of carbonyl (C=O) groups is 1. The maximum atomic E-state index is 10.6. The van der Waals surface area contributed by atoms with Crippen LogP contribution in [0.15, 0.2) is 24.3 Å². The molecule has 0 amide bonds. The van der Waals surface area contributed by atoms with E-state index in [4.69, 9.17) is 9.84 Å². The molecule has 1 aromatic rings.